The Morgan fingerprint density at radius 2 is 1.59 bits per heavy atom. The van der Waals surface area contributed by atoms with Crippen molar-refractivity contribution in [3.63, 3.8) is 0 Å². The number of carbonyl (C=O) groups excluding carboxylic acids is 1. The molecule has 0 saturated carbocycles. The van der Waals surface area contributed by atoms with Gasteiger partial charge in [0.25, 0.3) is 5.91 Å². The molecule has 0 radical (unpaired) electrons. The van der Waals surface area contributed by atoms with Gasteiger partial charge in [0, 0.05) is 24.7 Å². The topological polar surface area (TPSA) is 60.8 Å². The third-order valence-electron chi connectivity index (χ3n) is 3.42. The second-order valence-electron chi connectivity index (χ2n) is 4.90. The number of nitrogens with zero attached hydrogens (tertiary/aromatic N) is 1. The van der Waals surface area contributed by atoms with E-state index in [0.717, 1.165) is 13.1 Å². The normalized spacial score (nSPS) is 24.0. The van der Waals surface area contributed by atoms with Gasteiger partial charge in [0.2, 0.25) is 0 Å². The SMILES string of the molecule is CC1CN(C(=O)c2cc(O)cc(O)c2)CC1C. The van der Waals surface area contributed by atoms with Crippen molar-refractivity contribution in [1.29, 1.82) is 0 Å². The molecule has 1 aliphatic heterocycles. The summed E-state index contributed by atoms with van der Waals surface area (Å²) in [6, 6.07) is 3.98. The van der Waals surface area contributed by atoms with Crippen molar-refractivity contribution in [3.8, 4) is 11.5 Å². The molecule has 1 heterocycles. The van der Waals surface area contributed by atoms with Gasteiger partial charge in [0.1, 0.15) is 11.5 Å². The highest BCUT2D eigenvalue weighted by atomic mass is 16.3. The number of hydrogen-bond acceptors (Lipinski definition) is 3. The molecule has 2 unspecified atom stereocenters. The predicted octanol–water partition coefficient (Wildman–Crippen LogP) is 1.83. The maximum Gasteiger partial charge on any atom is 0.254 e. The average molecular weight is 235 g/mol. The third kappa shape index (κ3) is 2.35. The molecule has 4 heteroatoms. The predicted molar refractivity (Wildman–Crippen MR) is 64.0 cm³/mol. The van der Waals surface area contributed by atoms with Gasteiger partial charge in [-0.15, -0.1) is 0 Å². The molecule has 0 aliphatic carbocycles. The summed E-state index contributed by atoms with van der Waals surface area (Å²) in [6.45, 7) is 5.71. The van der Waals surface area contributed by atoms with E-state index in [1.54, 1.807) is 4.90 Å². The van der Waals surface area contributed by atoms with Crippen molar-refractivity contribution in [3.05, 3.63) is 23.8 Å². The lowest BCUT2D eigenvalue weighted by atomic mass is 10.0. The van der Waals surface area contributed by atoms with Gasteiger partial charge in [-0.3, -0.25) is 4.79 Å². The fourth-order valence-electron chi connectivity index (χ4n) is 2.20. The van der Waals surface area contributed by atoms with Crippen molar-refractivity contribution < 1.29 is 15.0 Å². The lowest BCUT2D eigenvalue weighted by Crippen LogP contribution is -2.28. The first-order valence-corrected chi connectivity index (χ1v) is 5.79. The summed E-state index contributed by atoms with van der Waals surface area (Å²) >= 11 is 0. The van der Waals surface area contributed by atoms with E-state index in [-0.39, 0.29) is 17.4 Å². The number of aromatic hydroxyl groups is 2. The fourth-order valence-corrected chi connectivity index (χ4v) is 2.20. The minimum absolute atomic E-state index is 0.0892. The number of phenols is 2. The summed E-state index contributed by atoms with van der Waals surface area (Å²) in [5.74, 6) is 0.671. The largest absolute Gasteiger partial charge is 0.508 e. The molecule has 0 aromatic heterocycles. The van der Waals surface area contributed by atoms with Crippen LogP contribution in [-0.2, 0) is 0 Å². The Morgan fingerprint density at radius 3 is 2.06 bits per heavy atom. The molecule has 17 heavy (non-hydrogen) atoms. The molecule has 1 aromatic rings. The maximum absolute atomic E-state index is 12.1. The molecule has 1 amide bonds. The Kier molecular flexibility index (Phi) is 2.96. The molecule has 2 N–H and O–H groups in total. The molecular weight excluding hydrogens is 218 g/mol. The van der Waals surface area contributed by atoms with Crippen molar-refractivity contribution in [1.82, 2.24) is 4.90 Å². The fraction of sp³-hybridized carbons (Fsp3) is 0.462. The molecule has 1 fully saturated rings. The zero-order valence-corrected chi connectivity index (χ0v) is 10.1. The van der Waals surface area contributed by atoms with Crippen LogP contribution in [-0.4, -0.2) is 34.1 Å². The van der Waals surface area contributed by atoms with E-state index in [2.05, 4.69) is 13.8 Å². The first kappa shape index (κ1) is 11.8. The summed E-state index contributed by atoms with van der Waals surface area (Å²) in [6.07, 6.45) is 0. The van der Waals surface area contributed by atoms with Crippen LogP contribution in [0.4, 0.5) is 0 Å². The lowest BCUT2D eigenvalue weighted by molar-refractivity contribution is 0.0784. The van der Waals surface area contributed by atoms with Crippen LogP contribution in [0.1, 0.15) is 24.2 Å². The second-order valence-corrected chi connectivity index (χ2v) is 4.90. The first-order valence-electron chi connectivity index (χ1n) is 5.79. The molecular formula is C13H17NO3. The zero-order valence-electron chi connectivity index (χ0n) is 10.1. The van der Waals surface area contributed by atoms with Crippen LogP contribution in [0.25, 0.3) is 0 Å². The minimum Gasteiger partial charge on any atom is -0.508 e. The summed E-state index contributed by atoms with van der Waals surface area (Å²) in [5, 5.41) is 18.7. The molecule has 1 aliphatic rings. The molecule has 4 nitrogen and oxygen atoms in total. The van der Waals surface area contributed by atoms with Crippen LogP contribution in [0.3, 0.4) is 0 Å². The second kappa shape index (κ2) is 4.28. The first-order chi connectivity index (χ1) is 7.97. The quantitative estimate of drug-likeness (QED) is 0.780. The van der Waals surface area contributed by atoms with Crippen LogP contribution >= 0.6 is 0 Å². The zero-order chi connectivity index (χ0) is 12.6. The van der Waals surface area contributed by atoms with Gasteiger partial charge in [0.05, 0.1) is 0 Å². The van der Waals surface area contributed by atoms with Crippen molar-refractivity contribution in [2.45, 2.75) is 13.8 Å². The monoisotopic (exact) mass is 235 g/mol. The van der Waals surface area contributed by atoms with E-state index in [9.17, 15) is 15.0 Å². The molecule has 1 aromatic carbocycles. The number of amides is 1. The number of hydrogen-bond donors (Lipinski definition) is 2. The number of rotatable bonds is 1. The highest BCUT2D eigenvalue weighted by Gasteiger charge is 2.30. The van der Waals surface area contributed by atoms with E-state index in [4.69, 9.17) is 0 Å². The van der Waals surface area contributed by atoms with Gasteiger partial charge < -0.3 is 15.1 Å². The van der Waals surface area contributed by atoms with Gasteiger partial charge in [-0.25, -0.2) is 0 Å². The number of likely N-dealkylation sites (tertiary alicyclic amines) is 1. The molecule has 1 saturated heterocycles. The smallest absolute Gasteiger partial charge is 0.254 e. The Hall–Kier alpha value is -1.71. The maximum atomic E-state index is 12.1. The van der Waals surface area contributed by atoms with Gasteiger partial charge in [-0.1, -0.05) is 13.8 Å². The highest BCUT2D eigenvalue weighted by Crippen LogP contribution is 2.26. The van der Waals surface area contributed by atoms with Crippen LogP contribution in [0.2, 0.25) is 0 Å². The van der Waals surface area contributed by atoms with Gasteiger partial charge in [-0.05, 0) is 24.0 Å². The van der Waals surface area contributed by atoms with Gasteiger partial charge >= 0.3 is 0 Å². The van der Waals surface area contributed by atoms with E-state index in [1.165, 1.54) is 18.2 Å². The average Bonchev–Trinajstić information content (AvgIpc) is 2.57. The molecule has 2 atom stereocenters. The molecule has 92 valence electrons. The van der Waals surface area contributed by atoms with Crippen molar-refractivity contribution >= 4 is 5.91 Å². The Bertz CT molecular complexity index is 414. The molecule has 0 bridgehead atoms. The van der Waals surface area contributed by atoms with Crippen LogP contribution < -0.4 is 0 Å². The number of carbonyl (C=O) groups is 1. The van der Waals surface area contributed by atoms with Crippen LogP contribution in [0.5, 0.6) is 11.5 Å². The van der Waals surface area contributed by atoms with Crippen molar-refractivity contribution in [2.24, 2.45) is 11.8 Å². The van der Waals surface area contributed by atoms with E-state index in [0.29, 0.717) is 17.4 Å². The highest BCUT2D eigenvalue weighted by molar-refractivity contribution is 5.95. The Morgan fingerprint density at radius 1 is 1.12 bits per heavy atom. The minimum atomic E-state index is -0.132. The summed E-state index contributed by atoms with van der Waals surface area (Å²) in [4.78, 5) is 13.9. The Labute approximate surface area is 100 Å². The molecule has 2 rings (SSSR count). The number of phenolic OH excluding ortho intramolecular Hbond substituents is 2. The summed E-state index contributed by atoms with van der Waals surface area (Å²) < 4.78 is 0. The summed E-state index contributed by atoms with van der Waals surface area (Å²) in [5.41, 5.74) is 0.337. The standard InChI is InChI=1S/C13H17NO3/c1-8-6-14(7-9(8)2)13(17)10-3-11(15)5-12(16)4-10/h3-5,8-9,15-16H,6-7H2,1-2H3. The van der Waals surface area contributed by atoms with E-state index < -0.39 is 0 Å². The van der Waals surface area contributed by atoms with E-state index >= 15 is 0 Å². The lowest BCUT2D eigenvalue weighted by Gasteiger charge is -2.16. The van der Waals surface area contributed by atoms with E-state index in [1.807, 2.05) is 0 Å². The van der Waals surface area contributed by atoms with Crippen LogP contribution in [0, 0.1) is 11.8 Å². The van der Waals surface area contributed by atoms with Crippen LogP contribution in [0.15, 0.2) is 18.2 Å². The number of benzene rings is 1. The van der Waals surface area contributed by atoms with Gasteiger partial charge in [0.15, 0.2) is 0 Å². The van der Waals surface area contributed by atoms with Crippen molar-refractivity contribution in [2.75, 3.05) is 13.1 Å². The summed E-state index contributed by atoms with van der Waals surface area (Å²) in [7, 11) is 0. The molecule has 0 spiro atoms. The van der Waals surface area contributed by atoms with Gasteiger partial charge in [-0.2, -0.15) is 0 Å². The third-order valence-corrected chi connectivity index (χ3v) is 3.42. The Balaban J connectivity index is 2.20.